The van der Waals surface area contributed by atoms with E-state index >= 15 is 0 Å². The second-order valence-corrected chi connectivity index (χ2v) is 5.18. The highest BCUT2D eigenvalue weighted by Crippen LogP contribution is 2.07. The van der Waals surface area contributed by atoms with Crippen LogP contribution in [0.25, 0.3) is 0 Å². The third-order valence-corrected chi connectivity index (χ3v) is 3.30. The van der Waals surface area contributed by atoms with Crippen LogP contribution >= 0.6 is 0 Å². The summed E-state index contributed by atoms with van der Waals surface area (Å²) in [4.78, 5) is 16.0. The Kier molecular flexibility index (Phi) is 8.79. The summed E-state index contributed by atoms with van der Waals surface area (Å²) in [7, 11) is 1.76. The fourth-order valence-electron chi connectivity index (χ4n) is 1.99. The lowest BCUT2D eigenvalue weighted by Gasteiger charge is -2.11. The monoisotopic (exact) mass is 308 g/mol. The standard InChI is InChI=1S/C16H28N4O2/c1-4-5-6-9-19-16(17-3)20-11-7-10-18-15(21)14-13(2)8-12-22-14/h8,12H,4-7,9-11H2,1-3H3,(H,18,21)(H2,17,19,20). The largest absolute Gasteiger partial charge is 0.459 e. The summed E-state index contributed by atoms with van der Waals surface area (Å²) in [5, 5.41) is 9.35. The highest BCUT2D eigenvalue weighted by atomic mass is 16.3. The van der Waals surface area contributed by atoms with E-state index in [-0.39, 0.29) is 5.91 Å². The molecular formula is C16H28N4O2. The molecule has 0 saturated heterocycles. The summed E-state index contributed by atoms with van der Waals surface area (Å²) >= 11 is 0. The van der Waals surface area contributed by atoms with Gasteiger partial charge in [-0.15, -0.1) is 0 Å². The van der Waals surface area contributed by atoms with Gasteiger partial charge in [-0.1, -0.05) is 19.8 Å². The number of hydrogen-bond donors (Lipinski definition) is 3. The average molecular weight is 308 g/mol. The first-order chi connectivity index (χ1) is 10.7. The number of unbranched alkanes of at least 4 members (excludes halogenated alkanes) is 2. The van der Waals surface area contributed by atoms with Crippen molar-refractivity contribution in [2.24, 2.45) is 4.99 Å². The van der Waals surface area contributed by atoms with Crippen molar-refractivity contribution in [3.05, 3.63) is 23.7 Å². The van der Waals surface area contributed by atoms with Crippen LogP contribution in [0.4, 0.5) is 0 Å². The van der Waals surface area contributed by atoms with E-state index in [1.807, 2.05) is 6.92 Å². The smallest absolute Gasteiger partial charge is 0.287 e. The molecule has 0 aliphatic heterocycles. The van der Waals surface area contributed by atoms with Crippen molar-refractivity contribution >= 4 is 11.9 Å². The van der Waals surface area contributed by atoms with Gasteiger partial charge in [0.2, 0.25) is 0 Å². The van der Waals surface area contributed by atoms with Crippen molar-refractivity contribution in [1.82, 2.24) is 16.0 Å². The van der Waals surface area contributed by atoms with E-state index in [9.17, 15) is 4.79 Å². The lowest BCUT2D eigenvalue weighted by molar-refractivity contribution is 0.0925. The van der Waals surface area contributed by atoms with Gasteiger partial charge in [-0.2, -0.15) is 0 Å². The summed E-state index contributed by atoms with van der Waals surface area (Å²) in [6, 6.07) is 1.78. The first kappa shape index (κ1) is 18.1. The zero-order valence-electron chi connectivity index (χ0n) is 13.9. The lowest BCUT2D eigenvalue weighted by Crippen LogP contribution is -2.39. The van der Waals surface area contributed by atoms with Gasteiger partial charge in [0.15, 0.2) is 11.7 Å². The normalized spacial score (nSPS) is 11.3. The van der Waals surface area contributed by atoms with E-state index in [2.05, 4.69) is 27.9 Å². The summed E-state index contributed by atoms with van der Waals surface area (Å²) < 4.78 is 5.15. The number of furan rings is 1. The third kappa shape index (κ3) is 6.65. The fourth-order valence-corrected chi connectivity index (χ4v) is 1.99. The molecule has 0 saturated carbocycles. The maximum absolute atomic E-state index is 11.8. The average Bonchev–Trinajstić information content (AvgIpc) is 2.95. The van der Waals surface area contributed by atoms with Crippen LogP contribution in [0.1, 0.15) is 48.7 Å². The van der Waals surface area contributed by atoms with Crippen molar-refractivity contribution in [3.8, 4) is 0 Å². The second kappa shape index (κ2) is 10.7. The minimum absolute atomic E-state index is 0.162. The molecule has 1 amide bonds. The molecule has 1 aromatic heterocycles. The number of hydrogen-bond acceptors (Lipinski definition) is 3. The van der Waals surface area contributed by atoms with Gasteiger partial charge in [-0.05, 0) is 25.8 Å². The minimum atomic E-state index is -0.162. The number of carbonyl (C=O) groups is 1. The van der Waals surface area contributed by atoms with Crippen LogP contribution in [0.2, 0.25) is 0 Å². The molecule has 0 aliphatic carbocycles. The summed E-state index contributed by atoms with van der Waals surface area (Å²) in [6.45, 7) is 6.32. The third-order valence-electron chi connectivity index (χ3n) is 3.30. The Hall–Kier alpha value is -1.98. The van der Waals surface area contributed by atoms with Gasteiger partial charge in [0, 0.05) is 32.2 Å². The Bertz CT molecular complexity index is 468. The molecule has 6 heteroatoms. The molecule has 124 valence electrons. The van der Waals surface area contributed by atoms with Crippen molar-refractivity contribution in [1.29, 1.82) is 0 Å². The molecule has 0 atom stereocenters. The first-order valence-corrected chi connectivity index (χ1v) is 7.95. The zero-order chi connectivity index (χ0) is 16.2. The fraction of sp³-hybridized carbons (Fsp3) is 0.625. The molecule has 6 nitrogen and oxygen atoms in total. The van der Waals surface area contributed by atoms with Crippen LogP contribution in [0.15, 0.2) is 21.7 Å². The Morgan fingerprint density at radius 2 is 1.82 bits per heavy atom. The topological polar surface area (TPSA) is 78.7 Å². The quantitative estimate of drug-likeness (QED) is 0.371. The molecule has 0 radical (unpaired) electrons. The summed E-state index contributed by atoms with van der Waals surface area (Å²) in [5.41, 5.74) is 0.854. The molecule has 1 heterocycles. The van der Waals surface area contributed by atoms with Crippen LogP contribution in [-0.2, 0) is 0 Å². The molecule has 1 rings (SSSR count). The Morgan fingerprint density at radius 3 is 2.41 bits per heavy atom. The van der Waals surface area contributed by atoms with E-state index in [0.29, 0.717) is 12.3 Å². The molecule has 0 spiro atoms. The van der Waals surface area contributed by atoms with E-state index in [0.717, 1.165) is 37.5 Å². The number of rotatable bonds is 9. The predicted molar refractivity (Wildman–Crippen MR) is 89.3 cm³/mol. The predicted octanol–water partition coefficient (Wildman–Crippen LogP) is 2.06. The molecule has 0 unspecified atom stereocenters. The minimum Gasteiger partial charge on any atom is -0.459 e. The molecule has 0 fully saturated rings. The van der Waals surface area contributed by atoms with Crippen molar-refractivity contribution in [2.45, 2.75) is 39.5 Å². The maximum atomic E-state index is 11.8. The van der Waals surface area contributed by atoms with Crippen LogP contribution in [0, 0.1) is 6.92 Å². The molecular weight excluding hydrogens is 280 g/mol. The molecule has 22 heavy (non-hydrogen) atoms. The summed E-state index contributed by atoms with van der Waals surface area (Å²) in [5.74, 6) is 1.04. The first-order valence-electron chi connectivity index (χ1n) is 7.95. The number of carbonyl (C=O) groups excluding carboxylic acids is 1. The van der Waals surface area contributed by atoms with Gasteiger partial charge in [-0.25, -0.2) is 0 Å². The number of aryl methyl sites for hydroxylation is 1. The van der Waals surface area contributed by atoms with Crippen molar-refractivity contribution in [3.63, 3.8) is 0 Å². The van der Waals surface area contributed by atoms with Crippen molar-refractivity contribution in [2.75, 3.05) is 26.7 Å². The lowest BCUT2D eigenvalue weighted by atomic mass is 10.2. The van der Waals surface area contributed by atoms with Crippen LogP contribution < -0.4 is 16.0 Å². The Labute approximate surface area is 132 Å². The van der Waals surface area contributed by atoms with Crippen LogP contribution in [0.3, 0.4) is 0 Å². The number of nitrogens with one attached hydrogen (secondary N) is 3. The number of nitrogens with zero attached hydrogens (tertiary/aromatic N) is 1. The van der Waals surface area contributed by atoms with E-state index < -0.39 is 0 Å². The SMILES string of the molecule is CCCCCNC(=NC)NCCCNC(=O)c1occc1C. The number of guanidine groups is 1. The second-order valence-electron chi connectivity index (χ2n) is 5.18. The van der Waals surface area contributed by atoms with Crippen LogP contribution in [-0.4, -0.2) is 38.5 Å². The van der Waals surface area contributed by atoms with Gasteiger partial charge in [0.1, 0.15) is 0 Å². The van der Waals surface area contributed by atoms with Crippen LogP contribution in [0.5, 0.6) is 0 Å². The Balaban J connectivity index is 2.11. The molecule has 0 bridgehead atoms. The highest BCUT2D eigenvalue weighted by Gasteiger charge is 2.11. The molecule has 3 N–H and O–H groups in total. The van der Waals surface area contributed by atoms with Gasteiger partial charge in [-0.3, -0.25) is 9.79 Å². The van der Waals surface area contributed by atoms with Gasteiger partial charge >= 0.3 is 0 Å². The number of amides is 1. The molecule has 1 aromatic rings. The number of aliphatic imine (C=N–C) groups is 1. The molecule has 0 aliphatic rings. The van der Waals surface area contributed by atoms with E-state index in [1.165, 1.54) is 19.1 Å². The maximum Gasteiger partial charge on any atom is 0.287 e. The Morgan fingerprint density at radius 1 is 1.14 bits per heavy atom. The molecule has 0 aromatic carbocycles. The van der Waals surface area contributed by atoms with Gasteiger partial charge < -0.3 is 20.4 Å². The zero-order valence-corrected chi connectivity index (χ0v) is 13.9. The van der Waals surface area contributed by atoms with E-state index in [4.69, 9.17) is 4.42 Å². The van der Waals surface area contributed by atoms with Gasteiger partial charge in [0.05, 0.1) is 6.26 Å². The van der Waals surface area contributed by atoms with Gasteiger partial charge in [0.25, 0.3) is 5.91 Å². The highest BCUT2D eigenvalue weighted by molar-refractivity contribution is 5.92. The van der Waals surface area contributed by atoms with E-state index in [1.54, 1.807) is 13.1 Å². The van der Waals surface area contributed by atoms with Crippen molar-refractivity contribution < 1.29 is 9.21 Å². The summed E-state index contributed by atoms with van der Waals surface area (Å²) in [6.07, 6.45) is 5.93.